The van der Waals surface area contributed by atoms with Crippen molar-refractivity contribution >= 4 is 29.2 Å². The van der Waals surface area contributed by atoms with Crippen molar-refractivity contribution < 1.29 is 14.7 Å². The molecule has 2 heterocycles. The van der Waals surface area contributed by atoms with Crippen molar-refractivity contribution in [2.45, 2.75) is 25.7 Å². The van der Waals surface area contributed by atoms with Crippen molar-refractivity contribution in [3.63, 3.8) is 0 Å². The van der Waals surface area contributed by atoms with Crippen LogP contribution in [0.5, 0.6) is 0 Å². The van der Waals surface area contributed by atoms with E-state index >= 15 is 0 Å². The van der Waals surface area contributed by atoms with E-state index in [9.17, 15) is 14.7 Å². The molecule has 0 unspecified atom stereocenters. The molecule has 1 amide bonds. The number of aromatic nitrogens is 2. The second-order valence-corrected chi connectivity index (χ2v) is 7.53. The quantitative estimate of drug-likeness (QED) is 0.803. The average molecular weight is 395 g/mol. The zero-order valence-electron chi connectivity index (χ0n) is 16.3. The van der Waals surface area contributed by atoms with Gasteiger partial charge in [-0.2, -0.15) is 0 Å². The van der Waals surface area contributed by atoms with E-state index in [2.05, 4.69) is 25.1 Å². The minimum atomic E-state index is -1.04. The van der Waals surface area contributed by atoms with E-state index in [1.807, 2.05) is 6.07 Å². The van der Waals surface area contributed by atoms with Crippen molar-refractivity contribution in [1.29, 1.82) is 0 Å². The van der Waals surface area contributed by atoms with E-state index in [1.165, 1.54) is 0 Å². The number of rotatable bonds is 5. The minimum absolute atomic E-state index is 0.00752. The van der Waals surface area contributed by atoms with Gasteiger partial charge < -0.3 is 20.2 Å². The summed E-state index contributed by atoms with van der Waals surface area (Å²) in [6.45, 7) is 3.16. The van der Waals surface area contributed by atoms with Crippen molar-refractivity contribution in [1.82, 2.24) is 9.97 Å². The maximum atomic E-state index is 12.2. The first-order valence-corrected chi connectivity index (χ1v) is 10.1. The average Bonchev–Trinajstić information content (AvgIpc) is 2.94. The fourth-order valence-corrected chi connectivity index (χ4v) is 3.75. The van der Waals surface area contributed by atoms with Crippen LogP contribution in [-0.2, 0) is 4.79 Å². The zero-order chi connectivity index (χ0) is 20.2. The summed E-state index contributed by atoms with van der Waals surface area (Å²) in [6.07, 6.45) is 7.20. The predicted molar refractivity (Wildman–Crippen MR) is 110 cm³/mol. The van der Waals surface area contributed by atoms with Crippen LogP contribution in [-0.4, -0.2) is 53.1 Å². The van der Waals surface area contributed by atoms with Crippen LogP contribution in [0.2, 0.25) is 0 Å². The monoisotopic (exact) mass is 395 g/mol. The first-order valence-electron chi connectivity index (χ1n) is 10.1. The lowest BCUT2D eigenvalue weighted by molar-refractivity contribution is -0.122. The van der Waals surface area contributed by atoms with Gasteiger partial charge in [0.2, 0.25) is 11.9 Å². The van der Waals surface area contributed by atoms with E-state index in [4.69, 9.17) is 0 Å². The van der Waals surface area contributed by atoms with Crippen LogP contribution in [0, 0.1) is 5.92 Å². The number of carboxylic acid groups (broad SMARTS) is 1. The van der Waals surface area contributed by atoms with E-state index in [-0.39, 0.29) is 17.4 Å². The second-order valence-electron chi connectivity index (χ2n) is 7.53. The molecule has 29 heavy (non-hydrogen) atoms. The summed E-state index contributed by atoms with van der Waals surface area (Å²) in [5.41, 5.74) is 1.34. The largest absolute Gasteiger partial charge is 0.478 e. The highest BCUT2D eigenvalue weighted by Gasteiger charge is 2.26. The summed E-state index contributed by atoms with van der Waals surface area (Å²) < 4.78 is 0. The number of hydrogen-bond acceptors (Lipinski definition) is 6. The van der Waals surface area contributed by atoms with Gasteiger partial charge in [0.15, 0.2) is 0 Å². The lowest BCUT2D eigenvalue weighted by atomic mass is 9.85. The van der Waals surface area contributed by atoms with Gasteiger partial charge in [-0.15, -0.1) is 0 Å². The van der Waals surface area contributed by atoms with Crippen LogP contribution in [0.3, 0.4) is 0 Å². The van der Waals surface area contributed by atoms with Gasteiger partial charge in [0.25, 0.3) is 0 Å². The molecular weight excluding hydrogens is 370 g/mol. The predicted octanol–water partition coefficient (Wildman–Crippen LogP) is 2.63. The summed E-state index contributed by atoms with van der Waals surface area (Å²) in [7, 11) is 0. The van der Waals surface area contributed by atoms with E-state index in [0.29, 0.717) is 5.69 Å². The normalized spacial score (nSPS) is 17.4. The fourth-order valence-electron chi connectivity index (χ4n) is 3.75. The molecule has 1 aromatic carbocycles. The molecule has 8 heteroatoms. The summed E-state index contributed by atoms with van der Waals surface area (Å²) in [6, 6.07) is 7.05. The minimum Gasteiger partial charge on any atom is -0.478 e. The third-order valence-electron chi connectivity index (χ3n) is 5.66. The Morgan fingerprint density at radius 1 is 1.00 bits per heavy atom. The summed E-state index contributed by atoms with van der Waals surface area (Å²) >= 11 is 0. The molecule has 2 fully saturated rings. The van der Waals surface area contributed by atoms with Crippen LogP contribution in [0.15, 0.2) is 36.7 Å². The van der Waals surface area contributed by atoms with Gasteiger partial charge in [0, 0.05) is 50.2 Å². The number of carbonyl (C=O) groups is 2. The number of carbonyl (C=O) groups excluding carboxylic acids is 1. The maximum absolute atomic E-state index is 12.2. The Labute approximate surface area is 169 Å². The number of nitrogens with one attached hydrogen (secondary N) is 1. The van der Waals surface area contributed by atoms with Crippen LogP contribution < -0.4 is 15.1 Å². The molecule has 1 aromatic heterocycles. The molecule has 2 aromatic rings. The van der Waals surface area contributed by atoms with E-state index < -0.39 is 5.97 Å². The van der Waals surface area contributed by atoms with Gasteiger partial charge in [0.05, 0.1) is 11.3 Å². The molecule has 0 spiro atoms. The number of amides is 1. The third kappa shape index (κ3) is 4.31. The number of carboxylic acids is 1. The Balaban J connectivity index is 1.48. The number of hydrogen-bond donors (Lipinski definition) is 2. The highest BCUT2D eigenvalue weighted by molar-refractivity contribution is 6.02. The van der Waals surface area contributed by atoms with Gasteiger partial charge in [-0.3, -0.25) is 4.79 Å². The van der Waals surface area contributed by atoms with Gasteiger partial charge in [-0.25, -0.2) is 14.8 Å². The molecule has 2 aliphatic rings. The molecule has 152 valence electrons. The fraction of sp³-hybridized carbons (Fsp3) is 0.429. The first kappa shape index (κ1) is 19.2. The van der Waals surface area contributed by atoms with E-state index in [0.717, 1.165) is 63.5 Å². The molecular formula is C21H25N5O3. The summed E-state index contributed by atoms with van der Waals surface area (Å²) in [4.78, 5) is 37.0. The smallest absolute Gasteiger partial charge is 0.337 e. The Bertz CT molecular complexity index is 885. The van der Waals surface area contributed by atoms with Gasteiger partial charge in [0.1, 0.15) is 0 Å². The lowest BCUT2D eigenvalue weighted by Gasteiger charge is -2.26. The van der Waals surface area contributed by atoms with Crippen molar-refractivity contribution in [3.8, 4) is 0 Å². The topological polar surface area (TPSA) is 98.7 Å². The molecule has 8 nitrogen and oxygen atoms in total. The van der Waals surface area contributed by atoms with Crippen molar-refractivity contribution in [2.75, 3.05) is 41.3 Å². The molecule has 1 aliphatic carbocycles. The Kier molecular flexibility index (Phi) is 5.59. The Morgan fingerprint density at radius 2 is 1.72 bits per heavy atom. The molecule has 0 atom stereocenters. The van der Waals surface area contributed by atoms with Crippen molar-refractivity contribution in [3.05, 3.63) is 42.2 Å². The molecule has 2 N–H and O–H groups in total. The van der Waals surface area contributed by atoms with Crippen molar-refractivity contribution in [2.24, 2.45) is 5.92 Å². The number of nitrogens with zero attached hydrogens (tertiary/aromatic N) is 4. The van der Waals surface area contributed by atoms with Gasteiger partial charge in [-0.1, -0.05) is 6.42 Å². The number of anilines is 3. The van der Waals surface area contributed by atoms with Crippen LogP contribution in [0.4, 0.5) is 17.3 Å². The molecule has 1 saturated heterocycles. The zero-order valence-corrected chi connectivity index (χ0v) is 16.3. The van der Waals surface area contributed by atoms with Crippen LogP contribution in [0.1, 0.15) is 36.0 Å². The second kappa shape index (κ2) is 8.46. The molecule has 4 rings (SSSR count). The SMILES string of the molecule is O=C(O)c1cc(N2CCCN(c3ncccn3)CC2)ccc1NC(=O)C1CCC1. The van der Waals surface area contributed by atoms with Gasteiger partial charge >= 0.3 is 5.97 Å². The number of benzene rings is 1. The highest BCUT2D eigenvalue weighted by Crippen LogP contribution is 2.30. The Hall–Kier alpha value is -3.16. The number of aromatic carboxylic acids is 1. The molecule has 0 radical (unpaired) electrons. The van der Waals surface area contributed by atoms with Crippen LogP contribution >= 0.6 is 0 Å². The third-order valence-corrected chi connectivity index (χ3v) is 5.66. The maximum Gasteiger partial charge on any atom is 0.337 e. The molecule has 0 bridgehead atoms. The molecule has 1 aliphatic heterocycles. The first-order chi connectivity index (χ1) is 14.1. The lowest BCUT2D eigenvalue weighted by Crippen LogP contribution is -2.32. The summed E-state index contributed by atoms with van der Waals surface area (Å²) in [5, 5.41) is 12.5. The van der Waals surface area contributed by atoms with E-state index in [1.54, 1.807) is 30.6 Å². The highest BCUT2D eigenvalue weighted by atomic mass is 16.4. The Morgan fingerprint density at radius 3 is 2.41 bits per heavy atom. The molecule has 1 saturated carbocycles. The van der Waals surface area contributed by atoms with Crippen LogP contribution in [0.25, 0.3) is 0 Å². The summed E-state index contributed by atoms with van der Waals surface area (Å²) in [5.74, 6) is -0.396. The van der Waals surface area contributed by atoms with Gasteiger partial charge in [-0.05, 0) is 43.5 Å². The standard InChI is InChI=1S/C21H25N5O3/c27-19(15-4-1-5-15)24-18-7-6-16(14-17(18)20(28)29)25-10-3-11-26(13-12-25)21-22-8-2-9-23-21/h2,6-9,14-15H,1,3-5,10-13H2,(H,24,27)(H,28,29).